The third kappa shape index (κ3) is 32.5. The zero-order valence-corrected chi connectivity index (χ0v) is 12.6. The minimum absolute atomic E-state index is 0. The minimum Gasteiger partial charge on any atom is -0.393 e. The van der Waals surface area contributed by atoms with E-state index in [1.165, 1.54) is 25.7 Å². The second kappa shape index (κ2) is 21.4. The van der Waals surface area contributed by atoms with Crippen molar-refractivity contribution in [2.75, 3.05) is 20.0 Å². The van der Waals surface area contributed by atoms with Crippen LogP contribution < -0.4 is 0 Å². The van der Waals surface area contributed by atoms with Gasteiger partial charge in [0.05, 0.1) is 19.3 Å². The van der Waals surface area contributed by atoms with Gasteiger partial charge in [0.1, 0.15) is 6.79 Å². The maximum atomic E-state index is 9.35. The summed E-state index contributed by atoms with van der Waals surface area (Å²) < 4.78 is 9.44. The van der Waals surface area contributed by atoms with Crippen LogP contribution >= 0.6 is 0 Å². The Hall–Kier alpha value is -0.920. The number of aliphatic hydroxyl groups is 1. The number of ether oxygens (including phenoxy) is 2. The molecule has 0 aliphatic carbocycles. The molecule has 0 radical (unpaired) electrons. The molecule has 0 amide bonds. The number of unbranched alkanes of at least 4 members (excludes halogenated alkanes) is 3. The largest absolute Gasteiger partial charge is 0.393 e. The smallest absolute Gasteiger partial charge is 0.291 e. The average molecular weight is 311 g/mol. The predicted octanol–water partition coefficient (Wildman–Crippen LogP) is 3.40. The highest BCUT2D eigenvalue weighted by molar-refractivity contribution is 4.54. The number of aliphatic hydroxyl groups excluding tert-OH is 1. The molecule has 1 aliphatic heterocycles. The zero-order chi connectivity index (χ0) is 15.6. The Balaban J connectivity index is -0.000000268. The van der Waals surface area contributed by atoms with Gasteiger partial charge in [0.15, 0.2) is 0 Å². The molecule has 7 nitrogen and oxygen atoms in total. The number of hydrogen-bond donors (Lipinski definition) is 2. The summed E-state index contributed by atoms with van der Waals surface area (Å²) in [6.45, 7) is 6.39. The van der Waals surface area contributed by atoms with Crippen LogP contribution in [0.15, 0.2) is 0 Å². The van der Waals surface area contributed by atoms with Gasteiger partial charge in [-0.3, -0.25) is 0 Å². The highest BCUT2D eigenvalue weighted by Crippen LogP contribution is 2.08. The summed E-state index contributed by atoms with van der Waals surface area (Å²) in [4.78, 5) is 8.36. The number of nitrogens with zero attached hydrogens (tertiary/aromatic N) is 1. The molecule has 0 aromatic carbocycles. The number of rotatable bonds is 7. The molecule has 130 valence electrons. The quantitative estimate of drug-likeness (QED) is 0.424. The van der Waals surface area contributed by atoms with Gasteiger partial charge in [0.25, 0.3) is 5.09 Å². The third-order valence-electron chi connectivity index (χ3n) is 2.55. The topological polar surface area (TPSA) is 102 Å². The van der Waals surface area contributed by atoms with Crippen molar-refractivity contribution in [1.82, 2.24) is 0 Å². The molecule has 1 atom stereocenters. The van der Waals surface area contributed by atoms with E-state index in [0.717, 1.165) is 32.5 Å². The summed E-state index contributed by atoms with van der Waals surface area (Å²) in [5.41, 5.74) is 0. The molecule has 1 unspecified atom stereocenters. The van der Waals surface area contributed by atoms with Crippen LogP contribution in [0.25, 0.3) is 0 Å². The summed E-state index contributed by atoms with van der Waals surface area (Å²) in [6, 6.07) is 0. The van der Waals surface area contributed by atoms with Crippen molar-refractivity contribution in [3.05, 3.63) is 10.1 Å². The summed E-state index contributed by atoms with van der Waals surface area (Å²) in [5, 5.41) is 23.0. The first-order chi connectivity index (χ1) is 9.54. The molecule has 0 aromatic rings. The lowest BCUT2D eigenvalue weighted by Crippen LogP contribution is -2.04. The lowest BCUT2D eigenvalue weighted by molar-refractivity contribution is -0.742. The minimum atomic E-state index is -1.50. The van der Waals surface area contributed by atoms with E-state index in [2.05, 4.69) is 13.8 Å². The van der Waals surface area contributed by atoms with Crippen LogP contribution in [0.3, 0.4) is 0 Å². The lowest BCUT2D eigenvalue weighted by Gasteiger charge is -2.07. The van der Waals surface area contributed by atoms with Gasteiger partial charge in [-0.1, -0.05) is 53.4 Å². The van der Waals surface area contributed by atoms with Crippen molar-refractivity contribution in [1.29, 1.82) is 0 Å². The standard InChI is InChI=1S/C10H22O.C3H6O2.CH4.HNO3/c1-3-5-6-7-9-10(11)8-4-2;1-2-5-3-4-1;;2-1(3)4/h10-11H,3-9H2,1-2H3;1-3H2;1H4;(H,2,3,4). The fourth-order valence-corrected chi connectivity index (χ4v) is 1.58. The molecule has 0 bridgehead atoms. The molecule has 0 spiro atoms. The maximum absolute atomic E-state index is 9.35. The first kappa shape index (κ1) is 25.1. The molecule has 21 heavy (non-hydrogen) atoms. The molecule has 0 saturated carbocycles. The van der Waals surface area contributed by atoms with E-state index in [9.17, 15) is 5.11 Å². The van der Waals surface area contributed by atoms with Gasteiger partial charge in [-0.2, -0.15) is 0 Å². The average Bonchev–Trinajstić information content (AvgIpc) is 2.93. The van der Waals surface area contributed by atoms with Crippen molar-refractivity contribution < 1.29 is 24.9 Å². The van der Waals surface area contributed by atoms with Crippen LogP contribution in [0, 0.1) is 10.1 Å². The molecule has 0 aromatic heterocycles. The van der Waals surface area contributed by atoms with Crippen LogP contribution in [0.2, 0.25) is 0 Å². The molecule has 7 heteroatoms. The Morgan fingerprint density at radius 2 is 1.62 bits per heavy atom. The van der Waals surface area contributed by atoms with Crippen LogP contribution in [0.4, 0.5) is 0 Å². The summed E-state index contributed by atoms with van der Waals surface area (Å²) >= 11 is 0. The van der Waals surface area contributed by atoms with Crippen LogP contribution in [0.1, 0.15) is 66.2 Å². The normalized spacial score (nSPS) is 13.9. The van der Waals surface area contributed by atoms with E-state index in [1.54, 1.807) is 0 Å². The highest BCUT2D eigenvalue weighted by Gasteiger charge is 2.00. The van der Waals surface area contributed by atoms with Gasteiger partial charge >= 0.3 is 0 Å². The van der Waals surface area contributed by atoms with Gasteiger partial charge in [-0.15, -0.1) is 10.1 Å². The molecule has 1 heterocycles. The van der Waals surface area contributed by atoms with Gasteiger partial charge in [0.2, 0.25) is 0 Å². The second-order valence-corrected chi connectivity index (χ2v) is 4.46. The highest BCUT2D eigenvalue weighted by atomic mass is 16.9. The van der Waals surface area contributed by atoms with Gasteiger partial charge in [-0.05, 0) is 12.8 Å². The molecular weight excluding hydrogens is 278 g/mol. The van der Waals surface area contributed by atoms with Crippen molar-refractivity contribution in [3.8, 4) is 0 Å². The van der Waals surface area contributed by atoms with E-state index in [-0.39, 0.29) is 13.5 Å². The van der Waals surface area contributed by atoms with E-state index in [1.807, 2.05) is 0 Å². The zero-order valence-electron chi connectivity index (χ0n) is 12.6. The van der Waals surface area contributed by atoms with Crippen molar-refractivity contribution in [2.24, 2.45) is 0 Å². The first-order valence-corrected chi connectivity index (χ1v) is 7.21. The third-order valence-corrected chi connectivity index (χ3v) is 2.55. The Kier molecular flexibility index (Phi) is 25.5. The Bertz CT molecular complexity index is 188. The summed E-state index contributed by atoms with van der Waals surface area (Å²) in [5.74, 6) is 0. The lowest BCUT2D eigenvalue weighted by atomic mass is 10.1. The Morgan fingerprint density at radius 3 is 1.95 bits per heavy atom. The molecule has 1 rings (SSSR count). The SMILES string of the molecule is C.C1COCO1.CCCCCCC(O)CCC.O=[N+]([O-])O. The van der Waals surface area contributed by atoms with Gasteiger partial charge < -0.3 is 19.8 Å². The van der Waals surface area contributed by atoms with E-state index in [0.29, 0.717) is 6.79 Å². The first-order valence-electron chi connectivity index (χ1n) is 7.21. The van der Waals surface area contributed by atoms with Crippen molar-refractivity contribution in [2.45, 2.75) is 72.3 Å². The monoisotopic (exact) mass is 311 g/mol. The maximum Gasteiger partial charge on any atom is 0.291 e. The van der Waals surface area contributed by atoms with Gasteiger partial charge in [-0.25, -0.2) is 0 Å². The van der Waals surface area contributed by atoms with Gasteiger partial charge in [0, 0.05) is 0 Å². The molecule has 1 saturated heterocycles. The van der Waals surface area contributed by atoms with E-state index in [4.69, 9.17) is 24.8 Å². The van der Waals surface area contributed by atoms with Crippen LogP contribution in [0.5, 0.6) is 0 Å². The second-order valence-electron chi connectivity index (χ2n) is 4.46. The van der Waals surface area contributed by atoms with Crippen LogP contribution in [-0.4, -0.2) is 41.5 Å². The Labute approximate surface area is 128 Å². The molecule has 1 fully saturated rings. The van der Waals surface area contributed by atoms with Crippen molar-refractivity contribution in [3.63, 3.8) is 0 Å². The van der Waals surface area contributed by atoms with E-state index < -0.39 is 5.09 Å². The molecule has 2 N–H and O–H groups in total. The van der Waals surface area contributed by atoms with Crippen LogP contribution in [-0.2, 0) is 9.47 Å². The fraction of sp³-hybridized carbons (Fsp3) is 1.00. The Morgan fingerprint density at radius 1 is 1.10 bits per heavy atom. The van der Waals surface area contributed by atoms with Crippen molar-refractivity contribution >= 4 is 0 Å². The summed E-state index contributed by atoms with van der Waals surface area (Å²) in [7, 11) is 0. The predicted molar refractivity (Wildman–Crippen MR) is 82.0 cm³/mol. The van der Waals surface area contributed by atoms with E-state index >= 15 is 0 Å². The summed E-state index contributed by atoms with van der Waals surface area (Å²) in [6.07, 6.45) is 8.15. The number of hydrogen-bond acceptors (Lipinski definition) is 5. The molecule has 1 aliphatic rings. The fourth-order valence-electron chi connectivity index (χ4n) is 1.58. The molecular formula is C14H33NO6.